The number of rotatable bonds is 4. The third-order valence-electron chi connectivity index (χ3n) is 3.52. The van der Waals surface area contributed by atoms with Gasteiger partial charge in [-0.05, 0) is 31.9 Å². The van der Waals surface area contributed by atoms with E-state index in [2.05, 4.69) is 53.7 Å². The van der Waals surface area contributed by atoms with Crippen LogP contribution in [0.3, 0.4) is 0 Å². The highest BCUT2D eigenvalue weighted by atomic mass is 32.1. The number of nitrogens with zero attached hydrogens (tertiary/aromatic N) is 1. The highest BCUT2D eigenvalue weighted by Crippen LogP contribution is 2.25. The Morgan fingerprint density at radius 2 is 2.32 bits per heavy atom. The molecule has 0 saturated carbocycles. The van der Waals surface area contributed by atoms with E-state index in [9.17, 15) is 0 Å². The zero-order valence-electron chi connectivity index (χ0n) is 11.3. The first-order valence-electron chi connectivity index (χ1n) is 6.72. The van der Waals surface area contributed by atoms with Crippen LogP contribution in [0, 0.1) is 6.92 Å². The molecular formula is C15H19N3S. The summed E-state index contributed by atoms with van der Waals surface area (Å²) in [5, 5.41) is 8.32. The van der Waals surface area contributed by atoms with Gasteiger partial charge in [0.05, 0.1) is 6.04 Å². The minimum atomic E-state index is 0.323. The van der Waals surface area contributed by atoms with Gasteiger partial charge in [0.1, 0.15) is 5.01 Å². The molecule has 2 heterocycles. The van der Waals surface area contributed by atoms with Crippen molar-refractivity contribution in [2.75, 3.05) is 11.9 Å². The molecule has 1 aromatic heterocycles. The van der Waals surface area contributed by atoms with E-state index in [-0.39, 0.29) is 0 Å². The number of fused-ring (bicyclic) bond motifs is 1. The number of anilines is 1. The van der Waals surface area contributed by atoms with Crippen molar-refractivity contribution in [2.24, 2.45) is 0 Å². The maximum Gasteiger partial charge on any atom is 0.109 e. The summed E-state index contributed by atoms with van der Waals surface area (Å²) in [6.07, 6.45) is 3.05. The SMILES string of the molecule is Cc1cnc(C(C)NCC2Cc3ccccc3N2)s1. The molecule has 0 aliphatic carbocycles. The minimum absolute atomic E-state index is 0.323. The van der Waals surface area contributed by atoms with Gasteiger partial charge in [-0.2, -0.15) is 0 Å². The normalized spacial score (nSPS) is 18.9. The quantitative estimate of drug-likeness (QED) is 0.898. The van der Waals surface area contributed by atoms with Crippen LogP contribution in [0.4, 0.5) is 5.69 Å². The molecule has 19 heavy (non-hydrogen) atoms. The second-order valence-corrected chi connectivity index (χ2v) is 6.41. The van der Waals surface area contributed by atoms with Crippen LogP contribution in [0.15, 0.2) is 30.5 Å². The van der Waals surface area contributed by atoms with Gasteiger partial charge in [0.2, 0.25) is 0 Å². The molecule has 2 atom stereocenters. The van der Waals surface area contributed by atoms with E-state index in [4.69, 9.17) is 0 Å². The summed E-state index contributed by atoms with van der Waals surface area (Å²) in [7, 11) is 0. The van der Waals surface area contributed by atoms with Gasteiger partial charge in [-0.1, -0.05) is 18.2 Å². The molecule has 0 bridgehead atoms. The van der Waals surface area contributed by atoms with Gasteiger partial charge < -0.3 is 10.6 Å². The van der Waals surface area contributed by atoms with E-state index >= 15 is 0 Å². The molecule has 2 aromatic rings. The van der Waals surface area contributed by atoms with Crippen LogP contribution in [0.1, 0.15) is 28.4 Å². The van der Waals surface area contributed by atoms with E-state index in [0.29, 0.717) is 12.1 Å². The van der Waals surface area contributed by atoms with Gasteiger partial charge >= 0.3 is 0 Å². The standard InChI is InChI=1S/C15H19N3S/c1-10-8-17-15(19-10)11(2)16-9-13-7-12-5-3-4-6-14(12)18-13/h3-6,8,11,13,16,18H,7,9H2,1-2H3. The Morgan fingerprint density at radius 3 is 3.05 bits per heavy atom. The lowest BCUT2D eigenvalue weighted by molar-refractivity contribution is 0.536. The predicted octanol–water partition coefficient (Wildman–Crippen LogP) is 3.14. The summed E-state index contributed by atoms with van der Waals surface area (Å²) in [6.45, 7) is 5.25. The van der Waals surface area contributed by atoms with E-state index < -0.39 is 0 Å². The summed E-state index contributed by atoms with van der Waals surface area (Å²) in [5.41, 5.74) is 2.71. The average Bonchev–Trinajstić information content (AvgIpc) is 3.01. The number of hydrogen-bond acceptors (Lipinski definition) is 4. The summed E-state index contributed by atoms with van der Waals surface area (Å²) in [5.74, 6) is 0. The van der Waals surface area contributed by atoms with Gasteiger partial charge in [0.15, 0.2) is 0 Å². The zero-order valence-corrected chi connectivity index (χ0v) is 12.1. The Hall–Kier alpha value is -1.39. The summed E-state index contributed by atoms with van der Waals surface area (Å²) in [6, 6.07) is 9.36. The number of para-hydroxylation sites is 1. The zero-order chi connectivity index (χ0) is 13.2. The lowest BCUT2D eigenvalue weighted by atomic mass is 10.1. The van der Waals surface area contributed by atoms with Gasteiger partial charge in [-0.15, -0.1) is 11.3 Å². The first-order valence-corrected chi connectivity index (χ1v) is 7.54. The van der Waals surface area contributed by atoms with Gasteiger partial charge in [0.25, 0.3) is 0 Å². The van der Waals surface area contributed by atoms with E-state index in [1.54, 1.807) is 11.3 Å². The fourth-order valence-corrected chi connectivity index (χ4v) is 3.28. The van der Waals surface area contributed by atoms with Gasteiger partial charge in [-0.25, -0.2) is 4.98 Å². The molecule has 2 N–H and O–H groups in total. The topological polar surface area (TPSA) is 37.0 Å². The summed E-state index contributed by atoms with van der Waals surface area (Å²) < 4.78 is 0. The van der Waals surface area contributed by atoms with Crippen LogP contribution in [-0.2, 0) is 6.42 Å². The Bertz CT molecular complexity index is 539. The van der Waals surface area contributed by atoms with Crippen molar-refractivity contribution in [3.05, 3.63) is 45.9 Å². The Labute approximate surface area is 118 Å². The first-order chi connectivity index (χ1) is 9.22. The molecule has 3 rings (SSSR count). The molecule has 0 radical (unpaired) electrons. The number of aromatic nitrogens is 1. The van der Waals surface area contributed by atoms with E-state index in [1.165, 1.54) is 21.1 Å². The minimum Gasteiger partial charge on any atom is -0.380 e. The third-order valence-corrected chi connectivity index (χ3v) is 4.62. The fraction of sp³-hybridized carbons (Fsp3) is 0.400. The molecule has 4 heteroatoms. The molecule has 1 aromatic carbocycles. The second-order valence-electron chi connectivity index (χ2n) is 5.14. The van der Waals surface area contributed by atoms with Crippen LogP contribution < -0.4 is 10.6 Å². The highest BCUT2D eigenvalue weighted by molar-refractivity contribution is 7.11. The molecular weight excluding hydrogens is 254 g/mol. The van der Waals surface area contributed by atoms with Crippen molar-refractivity contribution in [3.63, 3.8) is 0 Å². The summed E-state index contributed by atoms with van der Waals surface area (Å²) in [4.78, 5) is 5.71. The lowest BCUT2D eigenvalue weighted by Crippen LogP contribution is -2.32. The maximum absolute atomic E-state index is 4.44. The highest BCUT2D eigenvalue weighted by Gasteiger charge is 2.20. The molecule has 2 unspecified atom stereocenters. The number of aryl methyl sites for hydroxylation is 1. The maximum atomic E-state index is 4.44. The fourth-order valence-electron chi connectivity index (χ4n) is 2.48. The van der Waals surface area contributed by atoms with Crippen LogP contribution >= 0.6 is 11.3 Å². The monoisotopic (exact) mass is 273 g/mol. The van der Waals surface area contributed by atoms with Crippen molar-refractivity contribution < 1.29 is 0 Å². The van der Waals surface area contributed by atoms with E-state index in [1.807, 2.05) is 6.20 Å². The molecule has 1 aliphatic rings. The smallest absolute Gasteiger partial charge is 0.109 e. The number of benzene rings is 1. The largest absolute Gasteiger partial charge is 0.380 e. The van der Waals surface area contributed by atoms with Crippen LogP contribution in [-0.4, -0.2) is 17.6 Å². The third kappa shape index (κ3) is 2.80. The Kier molecular flexibility index (Phi) is 3.53. The Morgan fingerprint density at radius 1 is 1.47 bits per heavy atom. The predicted molar refractivity (Wildman–Crippen MR) is 80.8 cm³/mol. The van der Waals surface area contributed by atoms with Crippen molar-refractivity contribution >= 4 is 17.0 Å². The first kappa shape index (κ1) is 12.6. The number of hydrogen-bond donors (Lipinski definition) is 2. The van der Waals surface area contributed by atoms with Crippen molar-refractivity contribution in [2.45, 2.75) is 32.4 Å². The molecule has 0 spiro atoms. The van der Waals surface area contributed by atoms with Crippen molar-refractivity contribution in [3.8, 4) is 0 Å². The Balaban J connectivity index is 1.54. The van der Waals surface area contributed by atoms with Crippen LogP contribution in [0.25, 0.3) is 0 Å². The van der Waals surface area contributed by atoms with Crippen molar-refractivity contribution in [1.29, 1.82) is 0 Å². The molecule has 100 valence electrons. The van der Waals surface area contributed by atoms with Gasteiger partial charge in [-0.3, -0.25) is 0 Å². The summed E-state index contributed by atoms with van der Waals surface area (Å²) >= 11 is 1.77. The van der Waals surface area contributed by atoms with Gasteiger partial charge in [0, 0.05) is 29.3 Å². The van der Waals surface area contributed by atoms with E-state index in [0.717, 1.165) is 13.0 Å². The lowest BCUT2D eigenvalue weighted by Gasteiger charge is -2.16. The van der Waals surface area contributed by atoms with Crippen LogP contribution in [0.2, 0.25) is 0 Å². The number of thiazole rings is 1. The van der Waals surface area contributed by atoms with Crippen LogP contribution in [0.5, 0.6) is 0 Å². The molecule has 0 saturated heterocycles. The molecule has 3 nitrogen and oxygen atoms in total. The second kappa shape index (κ2) is 5.31. The van der Waals surface area contributed by atoms with Crippen molar-refractivity contribution in [1.82, 2.24) is 10.3 Å². The molecule has 0 fully saturated rings. The molecule has 1 aliphatic heterocycles. The molecule has 0 amide bonds. The average molecular weight is 273 g/mol. The number of nitrogens with one attached hydrogen (secondary N) is 2.